The Bertz CT molecular complexity index is 1050. The Balaban J connectivity index is 1.88. The zero-order chi connectivity index (χ0) is 19.1. The van der Waals surface area contributed by atoms with Crippen LogP contribution in [0.4, 0.5) is 5.82 Å². The van der Waals surface area contributed by atoms with Gasteiger partial charge in [0.1, 0.15) is 5.76 Å². The van der Waals surface area contributed by atoms with E-state index in [0.29, 0.717) is 16.2 Å². The first kappa shape index (κ1) is 17.2. The molecule has 1 aliphatic rings. The van der Waals surface area contributed by atoms with Crippen molar-refractivity contribution in [2.45, 2.75) is 19.9 Å². The summed E-state index contributed by atoms with van der Waals surface area (Å²) in [5.41, 5.74) is 1.80. The highest BCUT2D eigenvalue weighted by molar-refractivity contribution is 7.12. The average Bonchev–Trinajstić information content (AvgIpc) is 3.37. The molecule has 3 heterocycles. The maximum Gasteiger partial charge on any atom is 0.295 e. The maximum atomic E-state index is 13.1. The first-order valence-corrected chi connectivity index (χ1v) is 9.20. The summed E-state index contributed by atoms with van der Waals surface area (Å²) in [5, 5.41) is 16.3. The van der Waals surface area contributed by atoms with Gasteiger partial charge in [0.2, 0.25) is 5.78 Å². The van der Waals surface area contributed by atoms with Crippen molar-refractivity contribution in [3.8, 4) is 0 Å². The van der Waals surface area contributed by atoms with Crippen molar-refractivity contribution in [2.24, 2.45) is 0 Å². The third-order valence-corrected chi connectivity index (χ3v) is 5.32. The standard InChI is InChI=1S/C20H16N2O4S/c1-11-5-7-13(8-6-11)17-16(18(23)14-4-3-9-27-14)19(24)20(25)22(17)15-10-12(2)26-21-15/h3-10,17,24H,1-2H3/t17-/m1/s1. The van der Waals surface area contributed by atoms with Crippen molar-refractivity contribution in [2.75, 3.05) is 4.90 Å². The lowest BCUT2D eigenvalue weighted by molar-refractivity contribution is -0.117. The Hall–Kier alpha value is -3.19. The number of rotatable bonds is 4. The minimum atomic E-state index is -0.780. The number of anilines is 1. The molecule has 7 heteroatoms. The Morgan fingerprint density at radius 1 is 1.22 bits per heavy atom. The molecule has 1 aromatic carbocycles. The lowest BCUT2D eigenvalue weighted by atomic mass is 9.95. The van der Waals surface area contributed by atoms with E-state index in [0.717, 1.165) is 5.56 Å². The number of aromatic nitrogens is 1. The van der Waals surface area contributed by atoms with Crippen LogP contribution in [-0.4, -0.2) is 22.0 Å². The van der Waals surface area contributed by atoms with Crippen LogP contribution in [0.25, 0.3) is 0 Å². The monoisotopic (exact) mass is 380 g/mol. The van der Waals surface area contributed by atoms with E-state index in [2.05, 4.69) is 5.16 Å². The summed E-state index contributed by atoms with van der Waals surface area (Å²) in [6, 6.07) is 11.7. The maximum absolute atomic E-state index is 13.1. The second-order valence-electron chi connectivity index (χ2n) is 6.35. The van der Waals surface area contributed by atoms with Crippen LogP contribution >= 0.6 is 11.3 Å². The van der Waals surface area contributed by atoms with E-state index in [1.807, 2.05) is 31.2 Å². The minimum absolute atomic E-state index is 0.0481. The number of Topliss-reactive ketones (excluding diaryl/α,β-unsaturated/α-hetero) is 1. The Morgan fingerprint density at radius 3 is 2.56 bits per heavy atom. The average molecular weight is 380 g/mol. The van der Waals surface area contributed by atoms with Crippen molar-refractivity contribution < 1.29 is 19.2 Å². The number of thiophene rings is 1. The van der Waals surface area contributed by atoms with Crippen molar-refractivity contribution in [3.05, 3.63) is 80.9 Å². The molecule has 0 saturated carbocycles. The zero-order valence-electron chi connectivity index (χ0n) is 14.7. The summed E-state index contributed by atoms with van der Waals surface area (Å²) < 4.78 is 5.10. The quantitative estimate of drug-likeness (QED) is 0.688. The van der Waals surface area contributed by atoms with Crippen molar-refractivity contribution in [3.63, 3.8) is 0 Å². The van der Waals surface area contributed by atoms with Crippen LogP contribution in [0.15, 0.2) is 63.7 Å². The third kappa shape index (κ3) is 2.86. The first-order chi connectivity index (χ1) is 13.0. The summed E-state index contributed by atoms with van der Waals surface area (Å²) >= 11 is 1.26. The summed E-state index contributed by atoms with van der Waals surface area (Å²) in [7, 11) is 0. The summed E-state index contributed by atoms with van der Waals surface area (Å²) in [4.78, 5) is 27.7. The number of amides is 1. The normalized spacial score (nSPS) is 17.0. The fraction of sp³-hybridized carbons (Fsp3) is 0.150. The number of hydrogen-bond acceptors (Lipinski definition) is 6. The van der Waals surface area contributed by atoms with Gasteiger partial charge < -0.3 is 9.63 Å². The molecule has 0 spiro atoms. The topological polar surface area (TPSA) is 83.6 Å². The summed E-state index contributed by atoms with van der Waals surface area (Å²) in [6.07, 6.45) is 0. The number of benzene rings is 1. The highest BCUT2D eigenvalue weighted by Gasteiger charge is 2.45. The van der Waals surface area contributed by atoms with Gasteiger partial charge in [-0.1, -0.05) is 41.1 Å². The molecule has 1 atom stereocenters. The molecule has 3 aromatic rings. The van der Waals surface area contributed by atoms with Crippen LogP contribution in [0, 0.1) is 13.8 Å². The molecule has 0 radical (unpaired) electrons. The second-order valence-corrected chi connectivity index (χ2v) is 7.30. The Labute approximate surface area is 159 Å². The first-order valence-electron chi connectivity index (χ1n) is 8.32. The zero-order valence-corrected chi connectivity index (χ0v) is 15.5. The molecule has 1 N–H and O–H groups in total. The van der Waals surface area contributed by atoms with Gasteiger partial charge in [-0.2, -0.15) is 0 Å². The van der Waals surface area contributed by atoms with Gasteiger partial charge in [-0.15, -0.1) is 11.3 Å². The van der Waals surface area contributed by atoms with Crippen molar-refractivity contribution in [1.29, 1.82) is 0 Å². The highest BCUT2D eigenvalue weighted by atomic mass is 32.1. The molecule has 1 amide bonds. The smallest absolute Gasteiger partial charge is 0.295 e. The molecule has 0 saturated heterocycles. The highest BCUT2D eigenvalue weighted by Crippen LogP contribution is 2.42. The van der Waals surface area contributed by atoms with Gasteiger partial charge in [-0.3, -0.25) is 14.5 Å². The molecule has 2 aromatic heterocycles. The van der Waals surface area contributed by atoms with Gasteiger partial charge in [0.25, 0.3) is 5.91 Å². The molecule has 4 rings (SSSR count). The molecular formula is C20H16N2O4S. The molecule has 0 aliphatic carbocycles. The molecule has 136 valence electrons. The van der Waals surface area contributed by atoms with Crippen LogP contribution in [0.5, 0.6) is 0 Å². The summed E-state index contributed by atoms with van der Waals surface area (Å²) in [6.45, 7) is 3.66. The van der Waals surface area contributed by atoms with E-state index in [-0.39, 0.29) is 17.2 Å². The number of carbonyl (C=O) groups excluding carboxylic acids is 2. The van der Waals surface area contributed by atoms with Gasteiger partial charge in [-0.25, -0.2) is 0 Å². The van der Waals surface area contributed by atoms with Crippen molar-refractivity contribution >= 4 is 28.8 Å². The lowest BCUT2D eigenvalue weighted by Gasteiger charge is -2.24. The van der Waals surface area contributed by atoms with Crippen LogP contribution in [0.2, 0.25) is 0 Å². The molecular weight excluding hydrogens is 364 g/mol. The number of aryl methyl sites for hydroxylation is 2. The molecule has 0 bridgehead atoms. The minimum Gasteiger partial charge on any atom is -0.503 e. The third-order valence-electron chi connectivity index (χ3n) is 4.45. The van der Waals surface area contributed by atoms with Gasteiger partial charge in [-0.05, 0) is 30.9 Å². The summed E-state index contributed by atoms with van der Waals surface area (Å²) in [5.74, 6) is -0.820. The number of hydrogen-bond donors (Lipinski definition) is 1. The van der Waals surface area contributed by atoms with Gasteiger partial charge in [0, 0.05) is 6.07 Å². The molecule has 0 fully saturated rings. The van der Waals surface area contributed by atoms with Crippen molar-refractivity contribution in [1.82, 2.24) is 5.16 Å². The van der Waals surface area contributed by atoms with Crippen LogP contribution in [-0.2, 0) is 4.79 Å². The predicted molar refractivity (Wildman–Crippen MR) is 101 cm³/mol. The van der Waals surface area contributed by atoms with E-state index in [1.54, 1.807) is 30.5 Å². The Morgan fingerprint density at radius 2 is 1.96 bits per heavy atom. The van der Waals surface area contributed by atoms with Gasteiger partial charge in [0.05, 0.1) is 16.5 Å². The van der Waals surface area contributed by atoms with Gasteiger partial charge in [0.15, 0.2) is 11.6 Å². The van der Waals surface area contributed by atoms with E-state index in [1.165, 1.54) is 16.2 Å². The largest absolute Gasteiger partial charge is 0.503 e. The fourth-order valence-electron chi connectivity index (χ4n) is 3.14. The van der Waals surface area contributed by atoms with Crippen LogP contribution < -0.4 is 4.90 Å². The van der Waals surface area contributed by atoms with E-state index >= 15 is 0 Å². The van der Waals surface area contributed by atoms with Crippen LogP contribution in [0.1, 0.15) is 32.6 Å². The fourth-order valence-corrected chi connectivity index (χ4v) is 3.82. The SMILES string of the molecule is Cc1ccc([C@@H]2C(C(=O)c3cccs3)=C(O)C(=O)N2c2cc(C)on2)cc1. The number of aliphatic hydroxyl groups excluding tert-OH is 1. The number of carbonyl (C=O) groups is 2. The molecule has 6 nitrogen and oxygen atoms in total. The Kier molecular flexibility index (Phi) is 4.16. The van der Waals surface area contributed by atoms with E-state index in [9.17, 15) is 14.7 Å². The number of ketones is 1. The molecule has 1 aliphatic heterocycles. The number of aliphatic hydroxyl groups is 1. The van der Waals surface area contributed by atoms with Crippen LogP contribution in [0.3, 0.4) is 0 Å². The molecule has 27 heavy (non-hydrogen) atoms. The van der Waals surface area contributed by atoms with E-state index < -0.39 is 17.7 Å². The van der Waals surface area contributed by atoms with E-state index in [4.69, 9.17) is 4.52 Å². The molecule has 0 unspecified atom stereocenters. The second kappa shape index (κ2) is 6.51. The lowest BCUT2D eigenvalue weighted by Crippen LogP contribution is -2.31. The number of nitrogens with zero attached hydrogens (tertiary/aromatic N) is 2. The predicted octanol–water partition coefficient (Wildman–Crippen LogP) is 4.14. The van der Waals surface area contributed by atoms with Gasteiger partial charge >= 0.3 is 0 Å².